The van der Waals surface area contributed by atoms with Crippen molar-refractivity contribution < 1.29 is 4.74 Å². The molecule has 138 valence electrons. The fourth-order valence-electron chi connectivity index (χ4n) is 3.97. The summed E-state index contributed by atoms with van der Waals surface area (Å²) < 4.78 is 5.41. The van der Waals surface area contributed by atoms with E-state index in [1.807, 2.05) is 17.4 Å². The Morgan fingerprint density at radius 3 is 2.92 bits per heavy atom. The maximum atomic E-state index is 5.41. The summed E-state index contributed by atoms with van der Waals surface area (Å²) in [6, 6.07) is 6.30. The largest absolute Gasteiger partial charge is 0.497 e. The Balaban J connectivity index is 1.40. The number of piperidine rings is 1. The van der Waals surface area contributed by atoms with Gasteiger partial charge in [0.25, 0.3) is 0 Å². The number of aromatic nitrogens is 2. The van der Waals surface area contributed by atoms with Crippen molar-refractivity contribution in [3.8, 4) is 5.75 Å². The van der Waals surface area contributed by atoms with Gasteiger partial charge in [-0.15, -0.1) is 11.3 Å². The average Bonchev–Trinajstić information content (AvgIpc) is 3.29. The van der Waals surface area contributed by atoms with Crippen LogP contribution in [0.4, 0.5) is 0 Å². The van der Waals surface area contributed by atoms with E-state index in [1.165, 1.54) is 46.4 Å². The molecule has 0 unspecified atom stereocenters. The van der Waals surface area contributed by atoms with Crippen LogP contribution < -0.4 is 4.74 Å². The first-order valence-corrected chi connectivity index (χ1v) is 10.5. The summed E-state index contributed by atoms with van der Waals surface area (Å²) in [7, 11) is 1.73. The molecule has 1 saturated heterocycles. The highest BCUT2D eigenvalue weighted by atomic mass is 32.1. The zero-order valence-electron chi connectivity index (χ0n) is 15.6. The van der Waals surface area contributed by atoms with Gasteiger partial charge in [0.1, 0.15) is 5.75 Å². The van der Waals surface area contributed by atoms with Crippen molar-refractivity contribution in [1.82, 2.24) is 14.9 Å². The third-order valence-corrected chi connectivity index (χ3v) is 6.35. The van der Waals surface area contributed by atoms with Crippen molar-refractivity contribution in [2.75, 3.05) is 20.2 Å². The number of likely N-dealkylation sites (tertiary alicyclic amines) is 1. The number of ether oxygens (including phenoxy) is 1. The number of thiazole rings is 1. The molecule has 1 aromatic carbocycles. The van der Waals surface area contributed by atoms with E-state index in [0.717, 1.165) is 31.8 Å². The van der Waals surface area contributed by atoms with Crippen molar-refractivity contribution in [2.45, 2.75) is 45.1 Å². The Labute approximate surface area is 159 Å². The molecular weight excluding hydrogens is 342 g/mol. The van der Waals surface area contributed by atoms with Gasteiger partial charge in [-0.25, -0.2) is 4.98 Å². The van der Waals surface area contributed by atoms with Crippen molar-refractivity contribution in [3.05, 3.63) is 46.0 Å². The van der Waals surface area contributed by atoms with Crippen LogP contribution in [0.15, 0.2) is 29.8 Å². The lowest BCUT2D eigenvalue weighted by atomic mass is 9.89. The van der Waals surface area contributed by atoms with Gasteiger partial charge in [0.05, 0.1) is 17.8 Å². The minimum absolute atomic E-state index is 0.623. The number of nitrogens with zero attached hydrogens (tertiary/aromatic N) is 2. The standard InChI is InChI=1S/C21H27N3OS/c1-3-4-21-23-16(14-26-21)13-24-9-7-15(8-10-24)19-12-22-20-6-5-17(25-2)11-18(19)20/h5-6,11-12,14-15,22H,3-4,7-10,13H2,1-2H3. The average molecular weight is 370 g/mol. The molecule has 0 amide bonds. The van der Waals surface area contributed by atoms with Gasteiger partial charge in [-0.2, -0.15) is 0 Å². The van der Waals surface area contributed by atoms with Gasteiger partial charge < -0.3 is 9.72 Å². The number of hydrogen-bond acceptors (Lipinski definition) is 4. The highest BCUT2D eigenvalue weighted by Crippen LogP contribution is 2.35. The van der Waals surface area contributed by atoms with E-state index < -0.39 is 0 Å². The quantitative estimate of drug-likeness (QED) is 0.667. The molecule has 1 aliphatic rings. The molecule has 4 nitrogen and oxygen atoms in total. The molecule has 5 heteroatoms. The van der Waals surface area contributed by atoms with E-state index >= 15 is 0 Å². The summed E-state index contributed by atoms with van der Waals surface area (Å²) in [5, 5.41) is 4.83. The van der Waals surface area contributed by atoms with Crippen LogP contribution in [-0.2, 0) is 13.0 Å². The summed E-state index contributed by atoms with van der Waals surface area (Å²) >= 11 is 1.81. The second kappa shape index (κ2) is 7.80. The summed E-state index contributed by atoms with van der Waals surface area (Å²) in [4.78, 5) is 10.8. The molecular formula is C21H27N3OS. The molecule has 26 heavy (non-hydrogen) atoms. The van der Waals surface area contributed by atoms with Crippen LogP contribution in [0, 0.1) is 0 Å². The van der Waals surface area contributed by atoms with E-state index in [4.69, 9.17) is 9.72 Å². The zero-order chi connectivity index (χ0) is 17.9. The van der Waals surface area contributed by atoms with E-state index in [9.17, 15) is 0 Å². The van der Waals surface area contributed by atoms with E-state index in [-0.39, 0.29) is 0 Å². The van der Waals surface area contributed by atoms with Crippen molar-refractivity contribution in [3.63, 3.8) is 0 Å². The van der Waals surface area contributed by atoms with Crippen LogP contribution in [-0.4, -0.2) is 35.1 Å². The highest BCUT2D eigenvalue weighted by molar-refractivity contribution is 7.09. The third kappa shape index (κ3) is 3.64. The van der Waals surface area contributed by atoms with Crippen LogP contribution in [0.1, 0.15) is 48.4 Å². The maximum absolute atomic E-state index is 5.41. The van der Waals surface area contributed by atoms with Crippen LogP contribution in [0.3, 0.4) is 0 Å². The Bertz CT molecular complexity index is 861. The molecule has 0 saturated carbocycles. The fraction of sp³-hybridized carbons (Fsp3) is 0.476. The van der Waals surface area contributed by atoms with Gasteiger partial charge in [0, 0.05) is 29.0 Å². The molecule has 1 aliphatic heterocycles. The zero-order valence-corrected chi connectivity index (χ0v) is 16.4. The molecule has 1 fully saturated rings. The lowest BCUT2D eigenvalue weighted by Gasteiger charge is -2.31. The molecule has 0 radical (unpaired) electrons. The second-order valence-corrected chi connectivity index (χ2v) is 8.13. The number of hydrogen-bond donors (Lipinski definition) is 1. The van der Waals surface area contributed by atoms with Gasteiger partial charge >= 0.3 is 0 Å². The molecule has 0 spiro atoms. The molecule has 2 aromatic heterocycles. The van der Waals surface area contributed by atoms with Gasteiger partial charge in [-0.3, -0.25) is 4.90 Å². The van der Waals surface area contributed by atoms with Gasteiger partial charge in [-0.1, -0.05) is 6.92 Å². The lowest BCUT2D eigenvalue weighted by molar-refractivity contribution is 0.203. The molecule has 1 N–H and O–H groups in total. The molecule has 0 atom stereocenters. The van der Waals surface area contributed by atoms with Gasteiger partial charge in [0.15, 0.2) is 0 Å². The summed E-state index contributed by atoms with van der Waals surface area (Å²) in [6.07, 6.45) is 6.89. The number of aromatic amines is 1. The Hall–Kier alpha value is -1.85. The van der Waals surface area contributed by atoms with Gasteiger partial charge in [0.2, 0.25) is 0 Å². The lowest BCUT2D eigenvalue weighted by Crippen LogP contribution is -2.32. The molecule has 4 rings (SSSR count). The fourth-order valence-corrected chi connectivity index (χ4v) is 4.86. The first kappa shape index (κ1) is 17.6. The van der Waals surface area contributed by atoms with E-state index in [0.29, 0.717) is 5.92 Å². The summed E-state index contributed by atoms with van der Waals surface area (Å²) in [6.45, 7) is 5.49. The predicted octanol–water partition coefficient (Wildman–Crippen LogP) is 4.97. The SMILES string of the molecule is CCCc1nc(CN2CCC(c3c[nH]c4ccc(OC)cc34)CC2)cs1. The number of benzene rings is 1. The minimum Gasteiger partial charge on any atom is -0.497 e. The third-order valence-electron chi connectivity index (χ3n) is 5.40. The molecule has 3 heterocycles. The summed E-state index contributed by atoms with van der Waals surface area (Å²) in [5.74, 6) is 1.56. The second-order valence-electron chi connectivity index (χ2n) is 7.19. The van der Waals surface area contributed by atoms with Crippen LogP contribution >= 0.6 is 11.3 Å². The van der Waals surface area contributed by atoms with Crippen LogP contribution in [0.2, 0.25) is 0 Å². The Morgan fingerprint density at radius 1 is 1.31 bits per heavy atom. The number of methoxy groups -OCH3 is 1. The first-order chi connectivity index (χ1) is 12.8. The van der Waals surface area contributed by atoms with E-state index in [1.54, 1.807) is 7.11 Å². The predicted molar refractivity (Wildman–Crippen MR) is 108 cm³/mol. The first-order valence-electron chi connectivity index (χ1n) is 9.57. The normalized spacial score (nSPS) is 16.4. The monoisotopic (exact) mass is 369 g/mol. The number of H-pyrrole nitrogens is 1. The topological polar surface area (TPSA) is 41.2 Å². The minimum atomic E-state index is 0.623. The van der Waals surface area contributed by atoms with Gasteiger partial charge in [-0.05, 0) is 68.5 Å². The van der Waals surface area contributed by atoms with Crippen molar-refractivity contribution >= 4 is 22.2 Å². The molecule has 0 bridgehead atoms. The van der Waals surface area contributed by atoms with Crippen LogP contribution in [0.25, 0.3) is 10.9 Å². The molecule has 0 aliphatic carbocycles. The van der Waals surface area contributed by atoms with E-state index in [2.05, 4.69) is 40.5 Å². The number of aryl methyl sites for hydroxylation is 1. The smallest absolute Gasteiger partial charge is 0.119 e. The Kier molecular flexibility index (Phi) is 5.27. The number of rotatable bonds is 6. The highest BCUT2D eigenvalue weighted by Gasteiger charge is 2.23. The van der Waals surface area contributed by atoms with Crippen molar-refractivity contribution in [1.29, 1.82) is 0 Å². The maximum Gasteiger partial charge on any atom is 0.119 e. The number of nitrogens with one attached hydrogen (secondary N) is 1. The van der Waals surface area contributed by atoms with Crippen molar-refractivity contribution in [2.24, 2.45) is 0 Å². The Morgan fingerprint density at radius 2 is 2.15 bits per heavy atom. The number of fused-ring (bicyclic) bond motifs is 1. The molecule has 3 aromatic rings. The van der Waals surface area contributed by atoms with Crippen LogP contribution in [0.5, 0.6) is 5.75 Å². The summed E-state index contributed by atoms with van der Waals surface area (Å²) in [5.41, 5.74) is 3.89.